The average molecular weight is 369 g/mol. The number of hydrogen-bond acceptors (Lipinski definition) is 6. The third kappa shape index (κ3) is 4.03. The van der Waals surface area contributed by atoms with Crippen molar-refractivity contribution in [3.05, 3.63) is 53.3 Å². The third-order valence-electron chi connectivity index (χ3n) is 3.87. The molecule has 2 N–H and O–H groups in total. The van der Waals surface area contributed by atoms with E-state index < -0.39 is 0 Å². The zero-order valence-corrected chi connectivity index (χ0v) is 14.9. The minimum Gasteiger partial charge on any atom is -0.508 e. The standard InChI is InChI=1S/C20H19NO6/c1-3-21-19(23)11-26-15-7-4-12(8-17(15)25-2)9-18-20(24)14-6-5-13(22)10-16(14)27-18/h4-10,22H,3,11H2,1-2H3,(H,21,23)/b18-9+. The molecule has 0 aromatic heterocycles. The van der Waals surface area contributed by atoms with Gasteiger partial charge in [0, 0.05) is 12.6 Å². The lowest BCUT2D eigenvalue weighted by Gasteiger charge is -2.11. The highest BCUT2D eigenvalue weighted by Gasteiger charge is 2.27. The first-order valence-electron chi connectivity index (χ1n) is 8.36. The fraction of sp³-hybridized carbons (Fsp3) is 0.200. The molecule has 0 fully saturated rings. The molecule has 2 aromatic rings. The molecule has 7 heteroatoms. The van der Waals surface area contributed by atoms with E-state index in [1.807, 2.05) is 6.92 Å². The second-order valence-corrected chi connectivity index (χ2v) is 5.77. The van der Waals surface area contributed by atoms with Crippen LogP contribution in [0.3, 0.4) is 0 Å². The molecule has 0 saturated carbocycles. The van der Waals surface area contributed by atoms with Crippen LogP contribution >= 0.6 is 0 Å². The summed E-state index contributed by atoms with van der Waals surface area (Å²) in [6, 6.07) is 9.41. The van der Waals surface area contributed by atoms with Gasteiger partial charge in [0.15, 0.2) is 23.9 Å². The molecule has 0 saturated heterocycles. The summed E-state index contributed by atoms with van der Waals surface area (Å²) in [5.41, 5.74) is 1.06. The summed E-state index contributed by atoms with van der Waals surface area (Å²) in [6.07, 6.45) is 1.58. The van der Waals surface area contributed by atoms with Crippen LogP contribution in [0.5, 0.6) is 23.0 Å². The molecule has 7 nitrogen and oxygen atoms in total. The van der Waals surface area contributed by atoms with Gasteiger partial charge in [-0.15, -0.1) is 0 Å². The number of likely N-dealkylation sites (N-methyl/N-ethyl adjacent to an activating group) is 1. The predicted octanol–water partition coefficient (Wildman–Crippen LogP) is 2.53. The summed E-state index contributed by atoms with van der Waals surface area (Å²) in [7, 11) is 1.49. The van der Waals surface area contributed by atoms with Gasteiger partial charge in [0.05, 0.1) is 12.7 Å². The van der Waals surface area contributed by atoms with Gasteiger partial charge in [-0.2, -0.15) is 0 Å². The van der Waals surface area contributed by atoms with E-state index in [0.717, 1.165) is 0 Å². The Morgan fingerprint density at radius 2 is 2.04 bits per heavy atom. The van der Waals surface area contributed by atoms with Crippen LogP contribution in [0.2, 0.25) is 0 Å². The molecule has 1 amide bonds. The van der Waals surface area contributed by atoms with Crippen molar-refractivity contribution in [3.63, 3.8) is 0 Å². The van der Waals surface area contributed by atoms with Gasteiger partial charge in [-0.1, -0.05) is 6.07 Å². The lowest BCUT2D eigenvalue weighted by Crippen LogP contribution is -2.28. The molecule has 0 aliphatic carbocycles. The lowest BCUT2D eigenvalue weighted by molar-refractivity contribution is -0.123. The second kappa shape index (κ2) is 7.82. The van der Waals surface area contributed by atoms with Crippen LogP contribution < -0.4 is 19.5 Å². The number of Topliss-reactive ketones (excluding diaryl/α,β-unsaturated/α-hetero) is 1. The molecule has 2 aromatic carbocycles. The van der Waals surface area contributed by atoms with Gasteiger partial charge in [-0.25, -0.2) is 0 Å². The zero-order chi connectivity index (χ0) is 19.4. The fourth-order valence-corrected chi connectivity index (χ4v) is 2.61. The first-order valence-corrected chi connectivity index (χ1v) is 8.36. The van der Waals surface area contributed by atoms with E-state index in [2.05, 4.69) is 5.32 Å². The molecule has 0 unspecified atom stereocenters. The summed E-state index contributed by atoms with van der Waals surface area (Å²) in [5.74, 6) is 0.844. The van der Waals surface area contributed by atoms with Gasteiger partial charge in [-0.3, -0.25) is 9.59 Å². The minimum atomic E-state index is -0.263. The van der Waals surface area contributed by atoms with Crippen LogP contribution in [0.4, 0.5) is 0 Å². The SMILES string of the molecule is CCNC(=O)COc1ccc(/C=C2/Oc3cc(O)ccc3C2=O)cc1OC. The molecule has 1 heterocycles. The van der Waals surface area contributed by atoms with Crippen molar-refractivity contribution >= 4 is 17.8 Å². The number of phenolic OH excluding ortho intramolecular Hbond substituents is 1. The highest BCUT2D eigenvalue weighted by Crippen LogP contribution is 2.35. The number of methoxy groups -OCH3 is 1. The lowest BCUT2D eigenvalue weighted by atomic mass is 10.1. The number of carbonyl (C=O) groups excluding carboxylic acids is 2. The number of hydrogen-bond donors (Lipinski definition) is 2. The van der Waals surface area contributed by atoms with Crippen molar-refractivity contribution < 1.29 is 28.9 Å². The van der Waals surface area contributed by atoms with Crippen LogP contribution in [0, 0.1) is 0 Å². The maximum Gasteiger partial charge on any atom is 0.257 e. The maximum atomic E-state index is 12.4. The van der Waals surface area contributed by atoms with Crippen LogP contribution in [0.1, 0.15) is 22.8 Å². The molecule has 1 aliphatic rings. The number of allylic oxidation sites excluding steroid dienone is 1. The molecular weight excluding hydrogens is 350 g/mol. The van der Waals surface area contributed by atoms with E-state index in [4.69, 9.17) is 14.2 Å². The van der Waals surface area contributed by atoms with Crippen molar-refractivity contribution in [1.82, 2.24) is 5.32 Å². The summed E-state index contributed by atoms with van der Waals surface area (Å²) < 4.78 is 16.3. The first kappa shape index (κ1) is 18.3. The molecule has 3 rings (SSSR count). The first-order chi connectivity index (χ1) is 13.0. The minimum absolute atomic E-state index is 0.0260. The smallest absolute Gasteiger partial charge is 0.257 e. The molecule has 0 atom stereocenters. The molecule has 0 bridgehead atoms. The second-order valence-electron chi connectivity index (χ2n) is 5.77. The third-order valence-corrected chi connectivity index (χ3v) is 3.87. The number of benzene rings is 2. The summed E-state index contributed by atoms with van der Waals surface area (Å²) >= 11 is 0. The van der Waals surface area contributed by atoms with Gasteiger partial charge < -0.3 is 24.6 Å². The van der Waals surface area contributed by atoms with E-state index in [9.17, 15) is 14.7 Å². The van der Waals surface area contributed by atoms with Crippen LogP contribution in [-0.2, 0) is 4.79 Å². The highest BCUT2D eigenvalue weighted by molar-refractivity contribution is 6.14. The Hall–Kier alpha value is -3.48. The van der Waals surface area contributed by atoms with Crippen molar-refractivity contribution in [2.45, 2.75) is 6.92 Å². The topological polar surface area (TPSA) is 94.1 Å². The number of phenols is 1. The van der Waals surface area contributed by atoms with Gasteiger partial charge in [0.25, 0.3) is 5.91 Å². The Morgan fingerprint density at radius 1 is 1.22 bits per heavy atom. The number of aromatic hydroxyl groups is 1. The summed E-state index contributed by atoms with van der Waals surface area (Å²) in [4.78, 5) is 23.9. The Balaban J connectivity index is 1.79. The van der Waals surface area contributed by atoms with Gasteiger partial charge in [-0.05, 0) is 42.8 Å². The number of fused-ring (bicyclic) bond motifs is 1. The number of nitrogens with one attached hydrogen (secondary N) is 1. The largest absolute Gasteiger partial charge is 0.508 e. The molecule has 27 heavy (non-hydrogen) atoms. The number of carbonyl (C=O) groups is 2. The molecule has 0 spiro atoms. The van der Waals surface area contributed by atoms with E-state index in [1.165, 1.54) is 25.3 Å². The molecule has 1 aliphatic heterocycles. The monoisotopic (exact) mass is 369 g/mol. The Labute approximate surface area is 156 Å². The van der Waals surface area contributed by atoms with E-state index in [1.54, 1.807) is 24.3 Å². The van der Waals surface area contributed by atoms with E-state index in [-0.39, 0.29) is 29.8 Å². The predicted molar refractivity (Wildman–Crippen MR) is 98.2 cm³/mol. The van der Waals surface area contributed by atoms with Gasteiger partial charge >= 0.3 is 0 Å². The Bertz CT molecular complexity index is 919. The van der Waals surface area contributed by atoms with Crippen molar-refractivity contribution in [3.8, 4) is 23.0 Å². The number of amides is 1. The zero-order valence-electron chi connectivity index (χ0n) is 14.9. The van der Waals surface area contributed by atoms with Gasteiger partial charge in [0.2, 0.25) is 5.78 Å². The van der Waals surface area contributed by atoms with Crippen LogP contribution in [0.15, 0.2) is 42.2 Å². The average Bonchev–Trinajstić information content (AvgIpc) is 2.95. The Morgan fingerprint density at radius 3 is 2.78 bits per heavy atom. The summed E-state index contributed by atoms with van der Waals surface area (Å²) in [5, 5.41) is 12.2. The normalized spacial score (nSPS) is 13.9. The van der Waals surface area contributed by atoms with Crippen LogP contribution in [0.25, 0.3) is 6.08 Å². The van der Waals surface area contributed by atoms with Crippen LogP contribution in [-0.4, -0.2) is 37.1 Å². The quantitative estimate of drug-likeness (QED) is 0.760. The van der Waals surface area contributed by atoms with E-state index in [0.29, 0.717) is 34.9 Å². The highest BCUT2D eigenvalue weighted by atomic mass is 16.5. The number of ether oxygens (including phenoxy) is 3. The number of rotatable bonds is 6. The number of ketones is 1. The van der Waals surface area contributed by atoms with Crippen molar-refractivity contribution in [2.24, 2.45) is 0 Å². The van der Waals surface area contributed by atoms with Crippen molar-refractivity contribution in [1.29, 1.82) is 0 Å². The van der Waals surface area contributed by atoms with Crippen molar-refractivity contribution in [2.75, 3.05) is 20.3 Å². The van der Waals surface area contributed by atoms with E-state index >= 15 is 0 Å². The summed E-state index contributed by atoms with van der Waals surface area (Å²) in [6.45, 7) is 2.23. The van der Waals surface area contributed by atoms with Gasteiger partial charge in [0.1, 0.15) is 11.5 Å². The molecule has 0 radical (unpaired) electrons. The fourth-order valence-electron chi connectivity index (χ4n) is 2.61. The molecule has 140 valence electrons. The molecular formula is C20H19NO6. The maximum absolute atomic E-state index is 12.4. The Kier molecular flexibility index (Phi) is 5.30.